The van der Waals surface area contributed by atoms with Crippen LogP contribution in [0.1, 0.15) is 0 Å². The van der Waals surface area contributed by atoms with E-state index in [0.29, 0.717) is 0 Å². The van der Waals surface area contributed by atoms with Crippen molar-refractivity contribution >= 4 is 46.6 Å². The van der Waals surface area contributed by atoms with Crippen LogP contribution in [-0.4, -0.2) is 56.8 Å². The molecule has 0 atom stereocenters. The third-order valence-electron chi connectivity index (χ3n) is 0. The minimum atomic E-state index is -1.83. The Hall–Kier alpha value is 1.06. The predicted octanol–water partition coefficient (Wildman–Crippen LogP) is -1.88. The molecule has 3 nitrogen and oxygen atoms in total. The molecule has 0 spiro atoms. The van der Waals surface area contributed by atoms with Crippen LogP contribution in [0.2, 0.25) is 0 Å². The van der Waals surface area contributed by atoms with E-state index in [2.05, 4.69) is 0 Å². The Labute approximate surface area is 77.7 Å². The summed E-state index contributed by atoms with van der Waals surface area (Å²) in [6.07, 6.45) is -1.83. The van der Waals surface area contributed by atoms with E-state index >= 15 is 0 Å². The second-order valence-corrected chi connectivity index (χ2v) is 0.283. The van der Waals surface area contributed by atoms with Gasteiger partial charge in [0, 0.05) is 16.5 Å². The number of rotatable bonds is 0. The Balaban J connectivity index is -0.0000000150. The summed E-state index contributed by atoms with van der Waals surface area (Å²) in [7, 11) is 0. The van der Waals surface area contributed by atoms with Gasteiger partial charge >= 0.3 is 29.2 Å². The summed E-state index contributed by atoms with van der Waals surface area (Å²) in [6, 6.07) is 0. The van der Waals surface area contributed by atoms with Crippen LogP contribution in [0.4, 0.5) is 4.79 Å². The topological polar surface area (TPSA) is 57.5 Å². The van der Waals surface area contributed by atoms with E-state index in [4.69, 9.17) is 15.0 Å². The van der Waals surface area contributed by atoms with Crippen molar-refractivity contribution in [1.29, 1.82) is 0 Å². The largest absolute Gasteiger partial charge is 0.503 e. The first kappa shape index (κ1) is 24.4. The first-order chi connectivity index (χ1) is 1.73. The summed E-state index contributed by atoms with van der Waals surface area (Å²) in [5.74, 6) is 0. The summed E-state index contributed by atoms with van der Waals surface area (Å²) in [4.78, 5) is 8.56. The third-order valence-corrected chi connectivity index (χ3v) is 0. The molecular weight excluding hydrogens is 170 g/mol. The minimum Gasteiger partial charge on any atom is -0.450 e. The first-order valence-corrected chi connectivity index (χ1v) is 0.651. The monoisotopic (exact) mass is 176 g/mol. The maximum Gasteiger partial charge on any atom is 0.503 e. The fraction of sp³-hybridized carbons (Fsp3) is 0. The summed E-state index contributed by atoms with van der Waals surface area (Å²) < 4.78 is 0. The van der Waals surface area contributed by atoms with Gasteiger partial charge in [-0.3, -0.25) is 0 Å². The Kier molecular flexibility index (Phi) is 54.8. The van der Waals surface area contributed by atoms with E-state index in [-0.39, 0.29) is 56.9 Å². The number of carbonyl (C=O) groups is 1. The molecule has 7 heavy (non-hydrogen) atoms. The van der Waals surface area contributed by atoms with Gasteiger partial charge in [-0.2, -0.15) is 0 Å². The second-order valence-electron chi connectivity index (χ2n) is 0.283. The van der Waals surface area contributed by atoms with Crippen molar-refractivity contribution in [3.8, 4) is 0 Å². The van der Waals surface area contributed by atoms with Gasteiger partial charge in [0.1, 0.15) is 0 Å². The Morgan fingerprint density at radius 2 is 1.29 bits per heavy atom. The molecule has 0 aromatic carbocycles. The Bertz CT molecular complexity index is 37.9. The van der Waals surface area contributed by atoms with Gasteiger partial charge in [0.25, 0.3) is 0 Å². The van der Waals surface area contributed by atoms with Gasteiger partial charge in [0.2, 0.25) is 0 Å². The molecule has 0 bridgehead atoms. The fourth-order valence-electron chi connectivity index (χ4n) is 0. The molecule has 44 valence electrons. The van der Waals surface area contributed by atoms with Gasteiger partial charge in [0.05, 0.1) is 0 Å². The molecular formula is CH7AlMgNiO3. The van der Waals surface area contributed by atoms with Gasteiger partial charge in [-0.25, -0.2) is 4.79 Å². The van der Waals surface area contributed by atoms with Crippen molar-refractivity contribution in [2.75, 3.05) is 0 Å². The smallest absolute Gasteiger partial charge is 0.450 e. The molecule has 0 radical (unpaired) electrons. The van der Waals surface area contributed by atoms with Crippen molar-refractivity contribution in [3.63, 3.8) is 0 Å². The van der Waals surface area contributed by atoms with Crippen molar-refractivity contribution in [1.82, 2.24) is 0 Å². The molecule has 0 aliphatic rings. The van der Waals surface area contributed by atoms with Crippen molar-refractivity contribution in [3.05, 3.63) is 0 Å². The Morgan fingerprint density at radius 3 is 1.29 bits per heavy atom. The van der Waals surface area contributed by atoms with Crippen LogP contribution >= 0.6 is 0 Å². The SMILES string of the molecule is O=C(O)O.[AlH3].[MgH2].[Ni]. The van der Waals surface area contributed by atoms with Crippen LogP contribution in [0.5, 0.6) is 0 Å². The molecule has 0 saturated carbocycles. The van der Waals surface area contributed by atoms with Crippen molar-refractivity contribution < 1.29 is 31.5 Å². The zero-order valence-electron chi connectivity index (χ0n) is 2.12. The summed E-state index contributed by atoms with van der Waals surface area (Å²) in [6.45, 7) is 0. The minimum absolute atomic E-state index is 0. The molecule has 0 aliphatic carbocycles. The fourth-order valence-corrected chi connectivity index (χ4v) is 0. The van der Waals surface area contributed by atoms with Gasteiger partial charge < -0.3 is 10.2 Å². The quantitative estimate of drug-likeness (QED) is 0.426. The van der Waals surface area contributed by atoms with E-state index in [1.54, 1.807) is 0 Å². The number of carboxylic acid groups (broad SMARTS) is 2. The van der Waals surface area contributed by atoms with Gasteiger partial charge in [0.15, 0.2) is 17.4 Å². The van der Waals surface area contributed by atoms with Crippen LogP contribution < -0.4 is 0 Å². The predicted molar refractivity (Wildman–Crippen MR) is 29.1 cm³/mol. The number of hydrogen-bond donors (Lipinski definition) is 2. The molecule has 0 saturated heterocycles. The summed E-state index contributed by atoms with van der Waals surface area (Å²) in [5, 5.41) is 13.9. The van der Waals surface area contributed by atoms with Gasteiger partial charge in [-0.05, 0) is 0 Å². The van der Waals surface area contributed by atoms with Crippen LogP contribution in [-0.2, 0) is 16.5 Å². The molecule has 0 fully saturated rings. The van der Waals surface area contributed by atoms with Crippen LogP contribution in [0, 0.1) is 0 Å². The van der Waals surface area contributed by atoms with Crippen LogP contribution in [0.25, 0.3) is 0 Å². The maximum absolute atomic E-state index is 8.56. The van der Waals surface area contributed by atoms with E-state index in [0.717, 1.165) is 0 Å². The van der Waals surface area contributed by atoms with Gasteiger partial charge in [-0.1, -0.05) is 0 Å². The van der Waals surface area contributed by atoms with Gasteiger partial charge in [-0.15, -0.1) is 0 Å². The van der Waals surface area contributed by atoms with E-state index in [1.807, 2.05) is 0 Å². The van der Waals surface area contributed by atoms with Crippen LogP contribution in [0.3, 0.4) is 0 Å². The average molecular weight is 177 g/mol. The molecule has 2 N–H and O–H groups in total. The second kappa shape index (κ2) is 15.7. The van der Waals surface area contributed by atoms with Crippen LogP contribution in [0.15, 0.2) is 0 Å². The molecule has 0 aromatic rings. The molecule has 0 aromatic heterocycles. The Morgan fingerprint density at radius 1 is 1.29 bits per heavy atom. The van der Waals surface area contributed by atoms with E-state index in [9.17, 15) is 0 Å². The first-order valence-electron chi connectivity index (χ1n) is 0.651. The average Bonchev–Trinajstić information content (AvgIpc) is 0.811. The molecule has 0 aliphatic heterocycles. The maximum atomic E-state index is 8.56. The molecule has 0 heterocycles. The van der Waals surface area contributed by atoms with Crippen molar-refractivity contribution in [2.24, 2.45) is 0 Å². The third kappa shape index (κ3) is 160. The molecule has 6 heteroatoms. The zero-order chi connectivity index (χ0) is 3.58. The summed E-state index contributed by atoms with van der Waals surface area (Å²) >= 11 is 0. The van der Waals surface area contributed by atoms with E-state index < -0.39 is 6.16 Å². The summed E-state index contributed by atoms with van der Waals surface area (Å²) in [5.41, 5.74) is 0. The zero-order valence-corrected chi connectivity index (χ0v) is 3.11. The van der Waals surface area contributed by atoms with E-state index in [1.165, 1.54) is 0 Å². The molecule has 0 amide bonds. The standard InChI is InChI=1S/CH2O3.Al.Mg.Ni.5H/c2-1(3)4;;;;;;;;/h(H2,2,3,4);;;;;;;;. The molecule has 0 rings (SSSR count). The number of hydrogen-bond acceptors (Lipinski definition) is 1. The van der Waals surface area contributed by atoms with Crippen molar-refractivity contribution in [2.45, 2.75) is 0 Å². The molecule has 0 unspecified atom stereocenters. The normalized spacial score (nSPS) is 3.43.